The van der Waals surface area contributed by atoms with Crippen molar-refractivity contribution in [3.05, 3.63) is 54.1 Å². The van der Waals surface area contributed by atoms with Gasteiger partial charge in [0.25, 0.3) is 0 Å². The number of imidazole rings is 1. The van der Waals surface area contributed by atoms with Crippen molar-refractivity contribution in [3.63, 3.8) is 0 Å². The number of carbonyl (C=O) groups is 1. The Morgan fingerprint density at radius 3 is 2.76 bits per heavy atom. The lowest BCUT2D eigenvalue weighted by molar-refractivity contribution is -0.144. The Morgan fingerprint density at radius 2 is 2.04 bits per heavy atom. The van der Waals surface area contributed by atoms with E-state index in [9.17, 15) is 4.79 Å². The number of amides is 1. The highest BCUT2D eigenvalue weighted by Gasteiger charge is 2.51. The third kappa shape index (κ3) is 2.86. The Labute approximate surface area is 149 Å². The van der Waals surface area contributed by atoms with Gasteiger partial charge in [0.1, 0.15) is 0 Å². The number of hydrogen-bond donors (Lipinski definition) is 0. The maximum Gasteiger partial charge on any atom is 0.223 e. The Balaban J connectivity index is 1.56. The molecule has 5 heteroatoms. The van der Waals surface area contributed by atoms with Gasteiger partial charge in [-0.15, -0.1) is 0 Å². The monoisotopic (exact) mass is 338 g/mol. The van der Waals surface area contributed by atoms with Crippen LogP contribution >= 0.6 is 0 Å². The van der Waals surface area contributed by atoms with Gasteiger partial charge >= 0.3 is 0 Å². The molecule has 1 amide bonds. The van der Waals surface area contributed by atoms with E-state index < -0.39 is 0 Å². The average molecular weight is 338 g/mol. The number of rotatable bonds is 4. The molecule has 0 spiro atoms. The minimum Gasteiger partial charge on any atom is -0.337 e. The molecule has 2 aliphatic heterocycles. The molecule has 0 unspecified atom stereocenters. The molecular weight excluding hydrogens is 312 g/mol. The fourth-order valence-electron chi connectivity index (χ4n) is 4.54. The van der Waals surface area contributed by atoms with Gasteiger partial charge in [-0.25, -0.2) is 4.98 Å². The topological polar surface area (TPSA) is 41.4 Å². The molecule has 25 heavy (non-hydrogen) atoms. The molecular formula is C20H26N4O. The molecule has 0 aliphatic carbocycles. The lowest BCUT2D eigenvalue weighted by Crippen LogP contribution is -2.60. The number of fused-ring (bicyclic) bond motifs is 1. The quantitative estimate of drug-likeness (QED) is 0.860. The summed E-state index contributed by atoms with van der Waals surface area (Å²) >= 11 is 0. The molecule has 5 nitrogen and oxygen atoms in total. The predicted molar refractivity (Wildman–Crippen MR) is 96.7 cm³/mol. The highest BCUT2D eigenvalue weighted by Crippen LogP contribution is 2.41. The van der Waals surface area contributed by atoms with Crippen LogP contribution in [0.5, 0.6) is 0 Å². The molecule has 132 valence electrons. The fourth-order valence-corrected chi connectivity index (χ4v) is 4.54. The summed E-state index contributed by atoms with van der Waals surface area (Å²) in [5.74, 6) is 0.296. The van der Waals surface area contributed by atoms with E-state index in [1.54, 1.807) is 0 Å². The Hall–Kier alpha value is -2.14. The highest BCUT2D eigenvalue weighted by atomic mass is 16.2. The first-order valence-electron chi connectivity index (χ1n) is 9.11. The summed E-state index contributed by atoms with van der Waals surface area (Å²) in [5, 5.41) is 0. The van der Waals surface area contributed by atoms with Crippen LogP contribution in [0.2, 0.25) is 0 Å². The Kier molecular flexibility index (Phi) is 4.12. The van der Waals surface area contributed by atoms with Gasteiger partial charge in [-0.1, -0.05) is 30.3 Å². The number of piperidine rings is 1. The molecule has 2 fully saturated rings. The molecule has 1 aromatic carbocycles. The van der Waals surface area contributed by atoms with Crippen molar-refractivity contribution >= 4 is 5.91 Å². The first-order valence-corrected chi connectivity index (χ1v) is 9.11. The van der Waals surface area contributed by atoms with Crippen LogP contribution < -0.4 is 0 Å². The second-order valence-corrected chi connectivity index (χ2v) is 7.59. The van der Waals surface area contributed by atoms with Crippen LogP contribution in [0.25, 0.3) is 0 Å². The minimum absolute atomic E-state index is 0.0796. The van der Waals surface area contributed by atoms with Crippen LogP contribution in [0.4, 0.5) is 0 Å². The van der Waals surface area contributed by atoms with Crippen molar-refractivity contribution in [3.8, 4) is 0 Å². The maximum atomic E-state index is 12.7. The van der Waals surface area contributed by atoms with Crippen LogP contribution in [-0.2, 0) is 24.9 Å². The van der Waals surface area contributed by atoms with Crippen molar-refractivity contribution in [1.82, 2.24) is 19.4 Å². The minimum atomic E-state index is -0.0796. The molecule has 0 radical (unpaired) electrons. The lowest BCUT2D eigenvalue weighted by atomic mass is 9.83. The summed E-state index contributed by atoms with van der Waals surface area (Å²) < 4.78 is 2.09. The van der Waals surface area contributed by atoms with Gasteiger partial charge in [0.15, 0.2) is 0 Å². The van der Waals surface area contributed by atoms with Crippen LogP contribution in [-0.4, -0.2) is 43.4 Å². The van der Waals surface area contributed by atoms with Gasteiger partial charge in [-0.05, 0) is 25.3 Å². The van der Waals surface area contributed by atoms with Gasteiger partial charge in [0.2, 0.25) is 5.91 Å². The standard InChI is InChI=1S/C20H26N4O/c1-20-10-11-23(14-17-12-21-15-22(17)2)18(20)8-9-19(25)24(20)13-16-6-4-3-5-7-16/h3-7,12,15,18H,8-11,13-14H2,1-2H3/t18-,20-/m0/s1. The first-order chi connectivity index (χ1) is 12.1. The van der Waals surface area contributed by atoms with E-state index >= 15 is 0 Å². The van der Waals surface area contributed by atoms with Crippen molar-refractivity contribution in [2.45, 2.75) is 50.9 Å². The fraction of sp³-hybridized carbons (Fsp3) is 0.500. The molecule has 4 rings (SSSR count). The van der Waals surface area contributed by atoms with Gasteiger partial charge in [0.05, 0.1) is 17.6 Å². The van der Waals surface area contributed by atoms with E-state index in [2.05, 4.69) is 38.4 Å². The smallest absolute Gasteiger partial charge is 0.223 e. The molecule has 2 aliphatic rings. The van der Waals surface area contributed by atoms with Crippen LogP contribution in [0, 0.1) is 0 Å². The van der Waals surface area contributed by atoms with Gasteiger partial charge in [-0.3, -0.25) is 9.69 Å². The molecule has 0 bridgehead atoms. The molecule has 0 saturated carbocycles. The maximum absolute atomic E-state index is 12.7. The van der Waals surface area contributed by atoms with E-state index in [0.717, 1.165) is 25.9 Å². The predicted octanol–water partition coefficient (Wildman–Crippen LogP) is 2.58. The molecule has 2 atom stereocenters. The van der Waals surface area contributed by atoms with Crippen molar-refractivity contribution in [2.75, 3.05) is 6.54 Å². The summed E-state index contributed by atoms with van der Waals surface area (Å²) in [7, 11) is 2.05. The van der Waals surface area contributed by atoms with Gasteiger partial charge in [0, 0.05) is 45.3 Å². The summed E-state index contributed by atoms with van der Waals surface area (Å²) in [6.45, 7) is 4.93. The normalized spacial score (nSPS) is 26.9. The summed E-state index contributed by atoms with van der Waals surface area (Å²) in [5.41, 5.74) is 2.36. The molecule has 0 N–H and O–H groups in total. The van der Waals surface area contributed by atoms with E-state index in [4.69, 9.17) is 0 Å². The second-order valence-electron chi connectivity index (χ2n) is 7.59. The van der Waals surface area contributed by atoms with Gasteiger partial charge < -0.3 is 9.47 Å². The average Bonchev–Trinajstić information content (AvgIpc) is 3.16. The van der Waals surface area contributed by atoms with E-state index in [-0.39, 0.29) is 5.54 Å². The zero-order chi connectivity index (χ0) is 17.4. The lowest BCUT2D eigenvalue weighted by Gasteiger charge is -2.48. The molecule has 1 aromatic heterocycles. The number of carbonyl (C=O) groups excluding carboxylic acids is 1. The first kappa shape index (κ1) is 16.3. The molecule has 3 heterocycles. The third-order valence-corrected chi connectivity index (χ3v) is 6.08. The SMILES string of the molecule is Cn1cncc1CN1CC[C@@]2(C)[C@@H]1CCC(=O)N2Cc1ccccc1. The number of benzene rings is 1. The number of nitrogens with zero attached hydrogens (tertiary/aromatic N) is 4. The summed E-state index contributed by atoms with van der Waals surface area (Å²) in [6, 6.07) is 10.8. The Bertz CT molecular complexity index is 756. The van der Waals surface area contributed by atoms with Gasteiger partial charge in [-0.2, -0.15) is 0 Å². The van der Waals surface area contributed by atoms with Crippen LogP contribution in [0.1, 0.15) is 37.4 Å². The zero-order valence-corrected chi connectivity index (χ0v) is 15.1. The zero-order valence-electron chi connectivity index (χ0n) is 15.1. The summed E-state index contributed by atoms with van der Waals surface area (Å²) in [6.07, 6.45) is 6.45. The second kappa shape index (κ2) is 6.30. The number of aromatic nitrogens is 2. The van der Waals surface area contributed by atoms with Crippen molar-refractivity contribution in [1.29, 1.82) is 0 Å². The van der Waals surface area contributed by atoms with E-state index in [1.807, 2.05) is 37.8 Å². The summed E-state index contributed by atoms with van der Waals surface area (Å²) in [4.78, 5) is 21.6. The third-order valence-electron chi connectivity index (χ3n) is 6.08. The van der Waals surface area contributed by atoms with Crippen molar-refractivity contribution in [2.24, 2.45) is 7.05 Å². The number of likely N-dealkylation sites (tertiary alicyclic amines) is 2. The molecule has 2 aromatic rings. The van der Waals surface area contributed by atoms with Crippen LogP contribution in [0.15, 0.2) is 42.9 Å². The Morgan fingerprint density at radius 1 is 1.24 bits per heavy atom. The van der Waals surface area contributed by atoms with E-state index in [0.29, 0.717) is 24.9 Å². The largest absolute Gasteiger partial charge is 0.337 e. The van der Waals surface area contributed by atoms with Crippen molar-refractivity contribution < 1.29 is 4.79 Å². The number of hydrogen-bond acceptors (Lipinski definition) is 3. The number of aryl methyl sites for hydroxylation is 1. The molecule has 2 saturated heterocycles. The van der Waals surface area contributed by atoms with E-state index in [1.165, 1.54) is 11.3 Å². The highest BCUT2D eigenvalue weighted by molar-refractivity contribution is 5.78. The van der Waals surface area contributed by atoms with Crippen LogP contribution in [0.3, 0.4) is 0 Å².